The van der Waals surface area contributed by atoms with Crippen molar-refractivity contribution >= 4 is 5.97 Å². The second kappa shape index (κ2) is 10.7. The van der Waals surface area contributed by atoms with Gasteiger partial charge in [0.1, 0.15) is 0 Å². The van der Waals surface area contributed by atoms with E-state index in [0.717, 1.165) is 32.1 Å². The number of unbranched alkanes of at least 4 members (excludes halogenated alkanes) is 1. The summed E-state index contributed by atoms with van der Waals surface area (Å²) < 4.78 is 10.9. The van der Waals surface area contributed by atoms with Crippen molar-refractivity contribution in [1.29, 1.82) is 0 Å². The number of rotatable bonds is 9. The smallest absolute Gasteiger partial charge is 0.305 e. The monoisotopic (exact) mass is 394 g/mol. The number of methoxy groups -OCH3 is 1. The molecule has 2 N–H and O–H groups in total. The van der Waals surface area contributed by atoms with Crippen LogP contribution in [0.4, 0.5) is 0 Å². The molecule has 0 amide bonds. The molecule has 2 aliphatic carbocycles. The van der Waals surface area contributed by atoms with E-state index in [1.807, 2.05) is 6.08 Å². The fraction of sp³-hybridized carbons (Fsp3) is 0.870. The molecule has 1 unspecified atom stereocenters. The molecule has 0 bridgehead atoms. The summed E-state index contributed by atoms with van der Waals surface area (Å²) in [7, 11) is 1.43. The molecule has 1 aliphatic heterocycles. The van der Waals surface area contributed by atoms with E-state index in [1.54, 1.807) is 0 Å². The van der Waals surface area contributed by atoms with Gasteiger partial charge in [0.2, 0.25) is 0 Å². The average molecular weight is 395 g/mol. The Bertz CT molecular complexity index is 513. The van der Waals surface area contributed by atoms with E-state index in [1.165, 1.54) is 39.2 Å². The van der Waals surface area contributed by atoms with E-state index in [4.69, 9.17) is 4.74 Å². The predicted molar refractivity (Wildman–Crippen MR) is 108 cm³/mol. The van der Waals surface area contributed by atoms with Crippen LogP contribution >= 0.6 is 0 Å². The summed E-state index contributed by atoms with van der Waals surface area (Å²) in [5.41, 5.74) is 0. The van der Waals surface area contributed by atoms with Crippen molar-refractivity contribution in [2.75, 3.05) is 7.11 Å². The Morgan fingerprint density at radius 1 is 1.21 bits per heavy atom. The highest BCUT2D eigenvalue weighted by Crippen LogP contribution is 2.45. The normalized spacial score (nSPS) is 34.6. The maximum Gasteiger partial charge on any atom is 0.305 e. The number of carbonyl (C=O) groups excluding carboxylic acids is 1. The van der Waals surface area contributed by atoms with Crippen molar-refractivity contribution in [3.8, 4) is 0 Å². The van der Waals surface area contributed by atoms with Crippen LogP contribution in [0.3, 0.4) is 0 Å². The molecule has 0 aromatic heterocycles. The molecule has 1 heterocycles. The van der Waals surface area contributed by atoms with E-state index in [-0.39, 0.29) is 30.2 Å². The van der Waals surface area contributed by atoms with Crippen LogP contribution in [-0.2, 0) is 14.3 Å². The van der Waals surface area contributed by atoms with Crippen LogP contribution in [-0.4, -0.2) is 47.7 Å². The van der Waals surface area contributed by atoms with Gasteiger partial charge in [-0.1, -0.05) is 50.7 Å². The second-order valence-corrected chi connectivity index (χ2v) is 9.09. The van der Waals surface area contributed by atoms with E-state index in [2.05, 4.69) is 10.8 Å². The maximum atomic E-state index is 11.2. The highest BCUT2D eigenvalue weighted by Gasteiger charge is 2.47. The van der Waals surface area contributed by atoms with Gasteiger partial charge >= 0.3 is 5.97 Å². The first-order valence-corrected chi connectivity index (χ1v) is 11.3. The molecule has 0 radical (unpaired) electrons. The van der Waals surface area contributed by atoms with Gasteiger partial charge in [0.15, 0.2) is 0 Å². The van der Waals surface area contributed by atoms with E-state index < -0.39 is 6.10 Å². The van der Waals surface area contributed by atoms with Gasteiger partial charge in [0.05, 0.1) is 31.5 Å². The largest absolute Gasteiger partial charge is 0.469 e. The number of aliphatic hydroxyl groups excluding tert-OH is 2. The van der Waals surface area contributed by atoms with Crippen molar-refractivity contribution in [2.24, 2.45) is 17.8 Å². The van der Waals surface area contributed by atoms with Crippen molar-refractivity contribution < 1.29 is 24.5 Å². The number of aliphatic hydroxyl groups is 2. The predicted octanol–water partition coefficient (Wildman–Crippen LogP) is 3.76. The molecule has 0 aromatic carbocycles. The third-order valence-electron chi connectivity index (χ3n) is 7.03. The second-order valence-electron chi connectivity index (χ2n) is 9.09. The van der Waals surface area contributed by atoms with E-state index >= 15 is 0 Å². The van der Waals surface area contributed by atoms with Gasteiger partial charge in [-0.25, -0.2) is 0 Å². The molecular weight excluding hydrogens is 356 g/mol. The van der Waals surface area contributed by atoms with Crippen LogP contribution < -0.4 is 0 Å². The molecular formula is C23H38O5. The summed E-state index contributed by atoms with van der Waals surface area (Å²) in [5, 5.41) is 20.9. The van der Waals surface area contributed by atoms with Crippen LogP contribution in [0.1, 0.15) is 77.0 Å². The standard InChI is InChI=1S/C23H38O5/c1-27-23(26)10-6-5-9-18-14-20-19(21(25)15-22(20)28-18)12-11-17(24)13-16-7-3-2-4-8-16/h11-12,16-22,24-25H,2-10,13-15H2,1H3/b12-11+/t17-,18?,19-,20-,21-,22-/m1/s1. The molecule has 6 atom stereocenters. The molecule has 0 spiro atoms. The Balaban J connectivity index is 1.42. The van der Waals surface area contributed by atoms with Gasteiger partial charge in [-0.15, -0.1) is 0 Å². The molecule has 1 saturated heterocycles. The number of ether oxygens (including phenoxy) is 2. The summed E-state index contributed by atoms with van der Waals surface area (Å²) in [6, 6.07) is 0. The van der Waals surface area contributed by atoms with Crippen LogP contribution in [0.2, 0.25) is 0 Å². The summed E-state index contributed by atoms with van der Waals surface area (Å²) in [6.45, 7) is 0. The lowest BCUT2D eigenvalue weighted by Gasteiger charge is -2.23. The number of fused-ring (bicyclic) bond motifs is 1. The lowest BCUT2D eigenvalue weighted by molar-refractivity contribution is -0.140. The number of hydrogen-bond donors (Lipinski definition) is 2. The minimum absolute atomic E-state index is 0.0890. The molecule has 5 heteroatoms. The zero-order chi connectivity index (χ0) is 19.9. The number of esters is 1. The van der Waals surface area contributed by atoms with Crippen LogP contribution in [0.5, 0.6) is 0 Å². The quantitative estimate of drug-likeness (QED) is 0.354. The Hall–Kier alpha value is -0.910. The minimum atomic E-state index is -0.397. The number of carbonyl (C=O) groups is 1. The van der Waals surface area contributed by atoms with Crippen molar-refractivity contribution in [3.63, 3.8) is 0 Å². The highest BCUT2D eigenvalue weighted by molar-refractivity contribution is 5.68. The Labute approximate surface area is 169 Å². The van der Waals surface area contributed by atoms with E-state index in [9.17, 15) is 15.0 Å². The number of hydrogen-bond acceptors (Lipinski definition) is 5. The summed E-state index contributed by atoms with van der Waals surface area (Å²) in [5.74, 6) is 0.938. The van der Waals surface area contributed by atoms with Gasteiger partial charge in [0, 0.05) is 18.8 Å². The van der Waals surface area contributed by atoms with Gasteiger partial charge in [0.25, 0.3) is 0 Å². The fourth-order valence-corrected chi connectivity index (χ4v) is 5.47. The third-order valence-corrected chi connectivity index (χ3v) is 7.03. The van der Waals surface area contributed by atoms with Crippen LogP contribution in [0, 0.1) is 17.8 Å². The Morgan fingerprint density at radius 2 is 2.00 bits per heavy atom. The SMILES string of the molecule is COC(=O)CCCCC1C[C@@H]2[C@@H](/C=C/[C@@H](O)CC3CCCCC3)[C@H](O)C[C@H]2O1. The van der Waals surface area contributed by atoms with Crippen LogP contribution in [0.25, 0.3) is 0 Å². The lowest BCUT2D eigenvalue weighted by Crippen LogP contribution is -2.20. The van der Waals surface area contributed by atoms with Crippen molar-refractivity contribution in [1.82, 2.24) is 0 Å². The topological polar surface area (TPSA) is 76.0 Å². The van der Waals surface area contributed by atoms with Gasteiger partial charge in [-0.3, -0.25) is 4.79 Å². The molecule has 5 nitrogen and oxygen atoms in total. The zero-order valence-electron chi connectivity index (χ0n) is 17.3. The van der Waals surface area contributed by atoms with Gasteiger partial charge in [-0.2, -0.15) is 0 Å². The van der Waals surface area contributed by atoms with Crippen molar-refractivity contribution in [2.45, 2.75) is 101 Å². The zero-order valence-corrected chi connectivity index (χ0v) is 17.3. The first kappa shape index (κ1) is 21.8. The molecule has 2 saturated carbocycles. The summed E-state index contributed by atoms with van der Waals surface area (Å²) in [4.78, 5) is 11.2. The Morgan fingerprint density at radius 3 is 2.75 bits per heavy atom. The summed E-state index contributed by atoms with van der Waals surface area (Å²) in [6.07, 6.45) is 15.7. The lowest BCUT2D eigenvalue weighted by atomic mass is 9.84. The fourth-order valence-electron chi connectivity index (χ4n) is 5.47. The molecule has 0 aromatic rings. The maximum absolute atomic E-state index is 11.2. The summed E-state index contributed by atoms with van der Waals surface area (Å²) >= 11 is 0. The van der Waals surface area contributed by atoms with E-state index in [0.29, 0.717) is 24.7 Å². The minimum Gasteiger partial charge on any atom is -0.469 e. The first-order valence-electron chi connectivity index (χ1n) is 11.3. The van der Waals surface area contributed by atoms with Crippen molar-refractivity contribution in [3.05, 3.63) is 12.2 Å². The Kier molecular flexibility index (Phi) is 8.36. The third kappa shape index (κ3) is 6.04. The average Bonchev–Trinajstić information content (AvgIpc) is 3.20. The van der Waals surface area contributed by atoms with Gasteiger partial charge < -0.3 is 19.7 Å². The molecule has 3 aliphatic rings. The highest BCUT2D eigenvalue weighted by atomic mass is 16.5. The molecule has 3 rings (SSSR count). The first-order chi connectivity index (χ1) is 13.6. The van der Waals surface area contributed by atoms with Gasteiger partial charge in [-0.05, 0) is 37.5 Å². The molecule has 160 valence electrons. The molecule has 28 heavy (non-hydrogen) atoms. The van der Waals surface area contributed by atoms with Crippen LogP contribution in [0.15, 0.2) is 12.2 Å². The molecule has 3 fully saturated rings.